The van der Waals surface area contributed by atoms with Crippen LogP contribution in [0, 0.1) is 5.92 Å². The maximum Gasteiger partial charge on any atom is 0.309 e. The number of carboxylic acid groups (broad SMARTS) is 1. The minimum Gasteiger partial charge on any atom is -0.481 e. The van der Waals surface area contributed by atoms with Crippen molar-refractivity contribution in [2.24, 2.45) is 5.92 Å². The molecule has 12 nitrogen and oxygen atoms in total. The molecule has 4 atom stereocenters. The van der Waals surface area contributed by atoms with Gasteiger partial charge < -0.3 is 15.2 Å². The van der Waals surface area contributed by atoms with Gasteiger partial charge in [0.05, 0.1) is 58.7 Å². The lowest BCUT2D eigenvalue weighted by molar-refractivity contribution is -0.166. The van der Waals surface area contributed by atoms with Crippen LogP contribution in [0.3, 0.4) is 0 Å². The third-order valence-corrected chi connectivity index (χ3v) is 9.06. The van der Waals surface area contributed by atoms with Gasteiger partial charge in [-0.1, -0.05) is 56.3 Å². The molecule has 2 amide bonds. The standard InChI is InChI=1S/C35H33N5O7/c1-19(2)17-26-34(46)40-28-14-8-4-9-20(28)23(35(40,38-26)47-30(43)16-15-29(41)42)18-25-31-36-24-12-6-3-10-21(24)33(45)39(31)27-13-7-5-11-22(27)32(44)37-25/h3-14,19,23,25-26,38H,15-18H2,1-2H3,(H,37,44)(H,41,42)/t23-,25+,26?,35?/m1/s1. The van der Waals surface area contributed by atoms with Crippen molar-refractivity contribution in [1.29, 1.82) is 0 Å². The normalized spacial score (nSPS) is 22.7. The second-order valence-corrected chi connectivity index (χ2v) is 12.6. The van der Waals surface area contributed by atoms with E-state index in [9.17, 15) is 29.1 Å². The fourth-order valence-electron chi connectivity index (χ4n) is 7.12. The first-order chi connectivity index (χ1) is 22.6. The molecular weight excluding hydrogens is 602 g/mol. The topological polar surface area (TPSA) is 160 Å². The average molecular weight is 636 g/mol. The number of esters is 1. The van der Waals surface area contributed by atoms with E-state index >= 15 is 0 Å². The van der Waals surface area contributed by atoms with E-state index in [1.807, 2.05) is 26.0 Å². The van der Waals surface area contributed by atoms with Gasteiger partial charge in [0.25, 0.3) is 17.3 Å². The zero-order valence-electron chi connectivity index (χ0n) is 25.8. The number of para-hydroxylation sites is 3. The number of carbonyl (C=O) groups excluding carboxylic acids is 3. The summed E-state index contributed by atoms with van der Waals surface area (Å²) < 4.78 is 7.64. The van der Waals surface area contributed by atoms with Gasteiger partial charge in [0.1, 0.15) is 5.82 Å². The molecule has 4 heterocycles. The molecule has 12 heteroatoms. The molecule has 240 valence electrons. The highest BCUT2D eigenvalue weighted by atomic mass is 16.6. The van der Waals surface area contributed by atoms with Crippen LogP contribution >= 0.6 is 0 Å². The minimum absolute atomic E-state index is 0.0684. The Hall–Kier alpha value is -5.36. The van der Waals surface area contributed by atoms with Gasteiger partial charge in [-0.25, -0.2) is 10.3 Å². The summed E-state index contributed by atoms with van der Waals surface area (Å²) in [5.74, 6) is -4.70. The van der Waals surface area contributed by atoms with Gasteiger partial charge in [-0.2, -0.15) is 0 Å². The smallest absolute Gasteiger partial charge is 0.309 e. The van der Waals surface area contributed by atoms with E-state index in [4.69, 9.17) is 9.72 Å². The number of nitrogens with one attached hydrogen (secondary N) is 2. The molecule has 4 aromatic rings. The number of amides is 2. The molecule has 0 bridgehead atoms. The second-order valence-electron chi connectivity index (χ2n) is 12.6. The molecule has 3 N–H and O–H groups in total. The van der Waals surface area contributed by atoms with Crippen LogP contribution in [0.25, 0.3) is 16.6 Å². The average Bonchev–Trinajstić information content (AvgIpc) is 3.41. The van der Waals surface area contributed by atoms with E-state index in [0.717, 1.165) is 0 Å². The van der Waals surface area contributed by atoms with E-state index < -0.39 is 54.5 Å². The van der Waals surface area contributed by atoms with Crippen molar-refractivity contribution in [3.63, 3.8) is 0 Å². The summed E-state index contributed by atoms with van der Waals surface area (Å²) >= 11 is 0. The molecule has 3 aliphatic heterocycles. The lowest BCUT2D eigenvalue weighted by Crippen LogP contribution is -2.57. The Morgan fingerprint density at radius 2 is 1.64 bits per heavy atom. The summed E-state index contributed by atoms with van der Waals surface area (Å²) in [6.45, 7) is 3.97. The Labute approximate surface area is 269 Å². The molecule has 7 rings (SSSR count). The fourth-order valence-corrected chi connectivity index (χ4v) is 7.12. The number of nitrogens with zero attached hydrogens (tertiary/aromatic N) is 3. The molecule has 2 unspecified atom stereocenters. The number of fused-ring (bicyclic) bond motifs is 7. The highest BCUT2D eigenvalue weighted by Gasteiger charge is 2.64. The molecule has 0 spiro atoms. The SMILES string of the molecule is CC(C)CC1NC2(OC(=O)CCC(=O)O)[C@H](C[C@@H]3NC(=O)c4ccccc4-n4c3nc3ccccc3c4=O)c3ccccc3N2C1=O. The van der Waals surface area contributed by atoms with E-state index in [0.29, 0.717) is 45.6 Å². The maximum atomic E-state index is 14.1. The van der Waals surface area contributed by atoms with Gasteiger partial charge in [-0.15, -0.1) is 0 Å². The molecule has 1 saturated heterocycles. The molecule has 3 aromatic carbocycles. The van der Waals surface area contributed by atoms with Gasteiger partial charge in [-0.05, 0) is 54.7 Å². The number of carboxylic acids is 1. The zero-order valence-corrected chi connectivity index (χ0v) is 25.8. The molecule has 0 aliphatic carbocycles. The number of aliphatic carboxylic acids is 1. The van der Waals surface area contributed by atoms with Gasteiger partial charge >= 0.3 is 11.9 Å². The van der Waals surface area contributed by atoms with Crippen molar-refractivity contribution in [2.75, 3.05) is 4.90 Å². The first kappa shape index (κ1) is 30.3. The first-order valence-electron chi connectivity index (χ1n) is 15.7. The van der Waals surface area contributed by atoms with Crippen LogP contribution < -0.4 is 21.1 Å². The van der Waals surface area contributed by atoms with Crippen LogP contribution in [0.15, 0.2) is 77.6 Å². The van der Waals surface area contributed by atoms with Crippen molar-refractivity contribution in [3.05, 3.63) is 100 Å². The predicted molar refractivity (Wildman–Crippen MR) is 171 cm³/mol. The Bertz CT molecular complexity index is 2020. The van der Waals surface area contributed by atoms with Crippen molar-refractivity contribution in [1.82, 2.24) is 20.2 Å². The van der Waals surface area contributed by atoms with Crippen LogP contribution in [-0.2, 0) is 19.1 Å². The third-order valence-electron chi connectivity index (χ3n) is 9.06. The van der Waals surface area contributed by atoms with Crippen LogP contribution in [0.1, 0.15) is 73.2 Å². The first-order valence-corrected chi connectivity index (χ1v) is 15.7. The Kier molecular flexibility index (Phi) is 7.39. The van der Waals surface area contributed by atoms with Crippen molar-refractivity contribution in [3.8, 4) is 5.69 Å². The number of anilines is 1. The summed E-state index contributed by atoms with van der Waals surface area (Å²) in [4.78, 5) is 73.0. The van der Waals surface area contributed by atoms with E-state index in [2.05, 4.69) is 10.6 Å². The van der Waals surface area contributed by atoms with E-state index in [1.165, 1.54) is 9.47 Å². The maximum absolute atomic E-state index is 14.1. The minimum atomic E-state index is -1.72. The lowest BCUT2D eigenvalue weighted by Gasteiger charge is -2.37. The third kappa shape index (κ3) is 4.96. The number of carbonyl (C=O) groups is 4. The summed E-state index contributed by atoms with van der Waals surface area (Å²) in [7, 11) is 0. The predicted octanol–water partition coefficient (Wildman–Crippen LogP) is 3.77. The largest absolute Gasteiger partial charge is 0.481 e. The summed E-state index contributed by atoms with van der Waals surface area (Å²) in [5, 5.41) is 16.1. The number of aromatic nitrogens is 2. The van der Waals surface area contributed by atoms with Gasteiger partial charge in [0.2, 0.25) is 5.91 Å². The van der Waals surface area contributed by atoms with Gasteiger partial charge in [0.15, 0.2) is 0 Å². The summed E-state index contributed by atoms with van der Waals surface area (Å²) in [5.41, 5.74) is 2.03. The molecule has 1 aromatic heterocycles. The van der Waals surface area contributed by atoms with Gasteiger partial charge in [-0.3, -0.25) is 33.4 Å². The number of rotatable bonds is 8. The zero-order chi connectivity index (χ0) is 33.0. The van der Waals surface area contributed by atoms with Gasteiger partial charge in [0, 0.05) is 0 Å². The van der Waals surface area contributed by atoms with Crippen LogP contribution in [-0.4, -0.2) is 50.3 Å². The Morgan fingerprint density at radius 1 is 0.936 bits per heavy atom. The van der Waals surface area contributed by atoms with Crippen LogP contribution in [0.2, 0.25) is 0 Å². The molecule has 1 fully saturated rings. The lowest BCUT2D eigenvalue weighted by atomic mass is 9.88. The monoisotopic (exact) mass is 635 g/mol. The molecule has 0 radical (unpaired) electrons. The van der Waals surface area contributed by atoms with Crippen molar-refractivity contribution < 1.29 is 29.0 Å². The highest BCUT2D eigenvalue weighted by Crippen LogP contribution is 2.54. The van der Waals surface area contributed by atoms with Crippen LogP contribution in [0.4, 0.5) is 5.69 Å². The van der Waals surface area contributed by atoms with E-state index in [-0.39, 0.29) is 23.8 Å². The fraction of sp³-hybridized carbons (Fsp3) is 0.314. The number of benzene rings is 3. The molecule has 47 heavy (non-hydrogen) atoms. The Morgan fingerprint density at radius 3 is 2.40 bits per heavy atom. The number of hydrogen-bond donors (Lipinski definition) is 3. The molecule has 0 saturated carbocycles. The summed E-state index contributed by atoms with van der Waals surface area (Å²) in [6.07, 6.45) is -0.321. The highest BCUT2D eigenvalue weighted by molar-refractivity contribution is 6.04. The van der Waals surface area contributed by atoms with Crippen molar-refractivity contribution >= 4 is 40.3 Å². The summed E-state index contributed by atoms with van der Waals surface area (Å²) in [6, 6.07) is 19.4. The molecular formula is C35H33N5O7. The quantitative estimate of drug-likeness (QED) is 0.245. The van der Waals surface area contributed by atoms with E-state index in [1.54, 1.807) is 60.7 Å². The Balaban J connectivity index is 1.40. The van der Waals surface area contributed by atoms with Crippen molar-refractivity contribution in [2.45, 2.75) is 63.4 Å². The number of hydrogen-bond acceptors (Lipinski definition) is 8. The van der Waals surface area contributed by atoms with Crippen LogP contribution in [0.5, 0.6) is 0 Å². The number of ether oxygens (including phenoxy) is 1. The second kappa shape index (κ2) is 11.5. The molecule has 3 aliphatic rings.